The molecular formula is C11H18O. The average Bonchev–Trinajstić information content (AvgIpc) is 2.73. The molecule has 3 fully saturated rings. The van der Waals surface area contributed by atoms with Gasteiger partial charge >= 0.3 is 0 Å². The van der Waals surface area contributed by atoms with Gasteiger partial charge in [0.25, 0.3) is 0 Å². The Labute approximate surface area is 74.2 Å². The highest BCUT2D eigenvalue weighted by Crippen LogP contribution is 2.89. The van der Waals surface area contributed by atoms with Gasteiger partial charge in [0, 0.05) is 0 Å². The fourth-order valence-electron chi connectivity index (χ4n) is 4.60. The molecule has 3 rings (SSSR count). The van der Waals surface area contributed by atoms with Crippen LogP contribution in [0, 0.1) is 28.6 Å². The van der Waals surface area contributed by atoms with Crippen molar-refractivity contribution in [2.75, 3.05) is 0 Å². The molecule has 68 valence electrons. The molecule has 5 atom stereocenters. The largest absolute Gasteiger partial charge is 0.393 e. The Morgan fingerprint density at radius 1 is 1.33 bits per heavy atom. The van der Waals surface area contributed by atoms with E-state index in [0.29, 0.717) is 16.7 Å². The third-order valence-electron chi connectivity index (χ3n) is 5.26. The van der Waals surface area contributed by atoms with Gasteiger partial charge < -0.3 is 5.11 Å². The van der Waals surface area contributed by atoms with Crippen LogP contribution in [0.25, 0.3) is 0 Å². The van der Waals surface area contributed by atoms with E-state index in [4.69, 9.17) is 0 Å². The Kier molecular flexibility index (Phi) is 0.991. The standard InChI is InChI=1S/C11H18O/c1-6-8(12)4-7-5-11(7)9(6)10(11,2)3/h6-9,12H,4-5H2,1-3H3. The number of aliphatic hydroxyl groups is 1. The summed E-state index contributed by atoms with van der Waals surface area (Å²) < 4.78 is 0. The van der Waals surface area contributed by atoms with Crippen molar-refractivity contribution < 1.29 is 5.11 Å². The maximum absolute atomic E-state index is 9.80. The summed E-state index contributed by atoms with van der Waals surface area (Å²) in [7, 11) is 0. The first-order valence-corrected chi connectivity index (χ1v) is 5.20. The normalized spacial score (nSPS) is 65.0. The van der Waals surface area contributed by atoms with E-state index in [-0.39, 0.29) is 6.10 Å². The molecule has 0 aromatic heterocycles. The van der Waals surface area contributed by atoms with Gasteiger partial charge in [-0.2, -0.15) is 0 Å². The second kappa shape index (κ2) is 1.61. The van der Waals surface area contributed by atoms with Crippen molar-refractivity contribution in [3.05, 3.63) is 0 Å². The van der Waals surface area contributed by atoms with Crippen molar-refractivity contribution >= 4 is 0 Å². The second-order valence-electron chi connectivity index (χ2n) is 5.80. The van der Waals surface area contributed by atoms with Gasteiger partial charge in [0.1, 0.15) is 0 Å². The molecule has 3 aliphatic rings. The second-order valence-corrected chi connectivity index (χ2v) is 5.80. The maximum atomic E-state index is 9.80. The van der Waals surface area contributed by atoms with E-state index < -0.39 is 0 Å². The number of hydrogen-bond acceptors (Lipinski definition) is 1. The molecule has 1 nitrogen and oxygen atoms in total. The smallest absolute Gasteiger partial charge is 0.0571 e. The minimum atomic E-state index is -0.00241. The maximum Gasteiger partial charge on any atom is 0.0571 e. The van der Waals surface area contributed by atoms with E-state index in [1.54, 1.807) is 0 Å². The van der Waals surface area contributed by atoms with E-state index in [9.17, 15) is 5.11 Å². The summed E-state index contributed by atoms with van der Waals surface area (Å²) in [5, 5.41) is 9.80. The third-order valence-corrected chi connectivity index (χ3v) is 5.26. The lowest BCUT2D eigenvalue weighted by molar-refractivity contribution is 0.0678. The summed E-state index contributed by atoms with van der Waals surface area (Å²) in [5.41, 5.74) is 1.25. The lowest BCUT2D eigenvalue weighted by Gasteiger charge is -2.23. The van der Waals surface area contributed by atoms with E-state index in [0.717, 1.165) is 18.3 Å². The Morgan fingerprint density at radius 3 is 2.67 bits per heavy atom. The molecule has 1 N–H and O–H groups in total. The molecule has 5 unspecified atom stereocenters. The minimum absolute atomic E-state index is 0.00241. The van der Waals surface area contributed by atoms with Crippen molar-refractivity contribution in [1.82, 2.24) is 0 Å². The van der Waals surface area contributed by atoms with Crippen LogP contribution < -0.4 is 0 Å². The van der Waals surface area contributed by atoms with Gasteiger partial charge in [-0.15, -0.1) is 0 Å². The predicted octanol–water partition coefficient (Wildman–Crippen LogP) is 2.05. The molecule has 1 heteroatoms. The molecule has 0 aliphatic heterocycles. The fraction of sp³-hybridized carbons (Fsp3) is 1.00. The van der Waals surface area contributed by atoms with Crippen LogP contribution in [0.3, 0.4) is 0 Å². The molecule has 3 saturated carbocycles. The van der Waals surface area contributed by atoms with Crippen molar-refractivity contribution in [3.63, 3.8) is 0 Å². The molecule has 0 heterocycles. The average molecular weight is 166 g/mol. The van der Waals surface area contributed by atoms with Gasteiger partial charge in [-0.25, -0.2) is 0 Å². The third kappa shape index (κ3) is 0.501. The molecule has 12 heavy (non-hydrogen) atoms. The van der Waals surface area contributed by atoms with Gasteiger partial charge in [0.05, 0.1) is 6.10 Å². The van der Waals surface area contributed by atoms with Crippen LogP contribution in [-0.2, 0) is 0 Å². The highest BCUT2D eigenvalue weighted by atomic mass is 16.3. The Balaban J connectivity index is 1.96. The minimum Gasteiger partial charge on any atom is -0.393 e. The quantitative estimate of drug-likeness (QED) is 0.584. The molecule has 0 bridgehead atoms. The topological polar surface area (TPSA) is 20.2 Å². The lowest BCUT2D eigenvalue weighted by atomic mass is 9.87. The van der Waals surface area contributed by atoms with Crippen molar-refractivity contribution in [3.8, 4) is 0 Å². The van der Waals surface area contributed by atoms with Crippen LogP contribution in [0.15, 0.2) is 0 Å². The van der Waals surface area contributed by atoms with E-state index in [2.05, 4.69) is 20.8 Å². The molecule has 1 spiro atoms. The molecule has 0 aromatic carbocycles. The summed E-state index contributed by atoms with van der Waals surface area (Å²) in [6.45, 7) is 7.03. The first kappa shape index (κ1) is 7.37. The van der Waals surface area contributed by atoms with Gasteiger partial charge in [-0.05, 0) is 41.4 Å². The molecular weight excluding hydrogens is 148 g/mol. The zero-order chi connectivity index (χ0) is 8.72. The summed E-state index contributed by atoms with van der Waals surface area (Å²) in [5.74, 6) is 2.26. The summed E-state index contributed by atoms with van der Waals surface area (Å²) in [6, 6.07) is 0. The van der Waals surface area contributed by atoms with Crippen LogP contribution >= 0.6 is 0 Å². The Hall–Kier alpha value is -0.0400. The zero-order valence-electron chi connectivity index (χ0n) is 8.17. The van der Waals surface area contributed by atoms with Crippen molar-refractivity contribution in [2.24, 2.45) is 28.6 Å². The van der Waals surface area contributed by atoms with Gasteiger partial charge in [-0.1, -0.05) is 20.8 Å². The van der Waals surface area contributed by atoms with Crippen molar-refractivity contribution in [1.29, 1.82) is 0 Å². The highest BCUT2D eigenvalue weighted by Gasteiger charge is 2.85. The first-order valence-electron chi connectivity index (χ1n) is 5.20. The zero-order valence-corrected chi connectivity index (χ0v) is 8.17. The van der Waals surface area contributed by atoms with Crippen molar-refractivity contribution in [2.45, 2.75) is 39.7 Å². The molecule has 0 saturated heterocycles. The number of rotatable bonds is 0. The van der Waals surface area contributed by atoms with E-state index >= 15 is 0 Å². The molecule has 3 aliphatic carbocycles. The number of aliphatic hydroxyl groups excluding tert-OH is 1. The number of hydrogen-bond donors (Lipinski definition) is 1. The van der Waals surface area contributed by atoms with Gasteiger partial charge in [0.2, 0.25) is 0 Å². The van der Waals surface area contributed by atoms with E-state index in [1.165, 1.54) is 6.42 Å². The molecule has 0 radical (unpaired) electrons. The molecule has 0 amide bonds. The van der Waals surface area contributed by atoms with Crippen LogP contribution in [0.2, 0.25) is 0 Å². The first-order chi connectivity index (χ1) is 5.52. The van der Waals surface area contributed by atoms with Crippen LogP contribution in [0.1, 0.15) is 33.6 Å². The van der Waals surface area contributed by atoms with Gasteiger partial charge in [-0.3, -0.25) is 0 Å². The summed E-state index contributed by atoms with van der Waals surface area (Å²) in [4.78, 5) is 0. The van der Waals surface area contributed by atoms with Crippen LogP contribution in [0.4, 0.5) is 0 Å². The van der Waals surface area contributed by atoms with Gasteiger partial charge in [0.15, 0.2) is 0 Å². The lowest BCUT2D eigenvalue weighted by Crippen LogP contribution is -2.25. The van der Waals surface area contributed by atoms with Crippen LogP contribution in [0.5, 0.6) is 0 Å². The summed E-state index contributed by atoms with van der Waals surface area (Å²) >= 11 is 0. The monoisotopic (exact) mass is 166 g/mol. The predicted molar refractivity (Wildman–Crippen MR) is 47.6 cm³/mol. The Bertz CT molecular complexity index is 245. The van der Waals surface area contributed by atoms with Crippen LogP contribution in [-0.4, -0.2) is 11.2 Å². The fourth-order valence-corrected chi connectivity index (χ4v) is 4.60. The highest BCUT2D eigenvalue weighted by molar-refractivity contribution is 5.32. The Morgan fingerprint density at radius 2 is 2.00 bits per heavy atom. The molecule has 0 aromatic rings. The SMILES string of the molecule is CC1C(O)CC2CC23C1C3(C)C. The van der Waals surface area contributed by atoms with E-state index in [1.807, 2.05) is 0 Å². The summed E-state index contributed by atoms with van der Waals surface area (Å²) in [6.07, 6.45) is 2.49.